The molecule has 0 saturated carbocycles. The third-order valence-electron chi connectivity index (χ3n) is 3.77. The Morgan fingerprint density at radius 3 is 1.91 bits per heavy atom. The first-order valence-electron chi connectivity index (χ1n) is 8.84. The van der Waals surface area contributed by atoms with Gasteiger partial charge in [-0.05, 0) is 57.2 Å². The van der Waals surface area contributed by atoms with Gasteiger partial charge in [-0.2, -0.15) is 0 Å². The van der Waals surface area contributed by atoms with Crippen LogP contribution in [0.25, 0.3) is 0 Å². The molecular formula is C20H31N2NaO11S. The first-order chi connectivity index (χ1) is 13.9. The number of carboxylic acids is 1. The molecule has 0 saturated heterocycles. The number of benzene rings is 2. The van der Waals surface area contributed by atoms with E-state index >= 15 is 0 Å². The van der Waals surface area contributed by atoms with Gasteiger partial charge in [0.2, 0.25) is 0 Å². The van der Waals surface area contributed by atoms with Gasteiger partial charge >= 0.3 is 41.5 Å². The van der Waals surface area contributed by atoms with Gasteiger partial charge in [0.15, 0.2) is 0 Å². The number of nitrogens with one attached hydrogen (secondary N) is 2. The van der Waals surface area contributed by atoms with E-state index in [0.717, 1.165) is 0 Å². The molecule has 0 bridgehead atoms. The second-order valence-electron chi connectivity index (χ2n) is 7.34. The van der Waals surface area contributed by atoms with Crippen LogP contribution in [-0.2, 0) is 19.6 Å². The number of carbonyl (C=O) groups excluding carboxylic acids is 2. The molecule has 0 aliphatic rings. The normalized spacial score (nSPS) is 9.80. The van der Waals surface area contributed by atoms with Gasteiger partial charge in [-0.25, -0.2) is 8.42 Å². The summed E-state index contributed by atoms with van der Waals surface area (Å²) in [4.78, 5) is 34.6. The Kier molecular flexibility index (Phi) is 18.3. The minimum absolute atomic E-state index is 0. The van der Waals surface area contributed by atoms with Crippen molar-refractivity contribution < 1.29 is 54.5 Å². The van der Waals surface area contributed by atoms with Crippen LogP contribution in [-0.4, -0.2) is 89.4 Å². The Morgan fingerprint density at radius 2 is 1.43 bits per heavy atom. The van der Waals surface area contributed by atoms with Crippen LogP contribution in [0.5, 0.6) is 5.75 Å². The number of rotatable bonds is 7. The summed E-state index contributed by atoms with van der Waals surface area (Å²) in [6.07, 6.45) is 0. The number of hydrogen-bond donors (Lipinski definition) is 3. The monoisotopic (exact) mass is 530 g/mol. The van der Waals surface area contributed by atoms with Crippen LogP contribution < -0.4 is 14.8 Å². The maximum absolute atomic E-state index is 12.7. The molecule has 13 nitrogen and oxygen atoms in total. The third kappa shape index (κ3) is 11.6. The molecule has 194 valence electrons. The van der Waals surface area contributed by atoms with E-state index in [0.29, 0.717) is 0 Å². The quantitative estimate of drug-likeness (QED) is 0.212. The van der Waals surface area contributed by atoms with Crippen molar-refractivity contribution in [1.82, 2.24) is 5.32 Å². The summed E-state index contributed by atoms with van der Waals surface area (Å²) in [5.41, 5.74) is -0.751. The first kappa shape index (κ1) is 39.6. The van der Waals surface area contributed by atoms with E-state index in [9.17, 15) is 22.8 Å². The molecule has 0 heterocycles. The molecule has 0 radical (unpaired) electrons. The molecule has 0 aliphatic heterocycles. The fraction of sp³-hybridized carbons (Fsp3) is 0.250. The van der Waals surface area contributed by atoms with Crippen LogP contribution in [0.4, 0.5) is 5.69 Å². The molecule has 2 aromatic carbocycles. The van der Waals surface area contributed by atoms with Crippen molar-refractivity contribution in [3.05, 3.63) is 54.1 Å². The minimum atomic E-state index is -4.06. The number of esters is 1. The number of carboxylic acid groups (broad SMARTS) is 1. The Balaban J connectivity index is -0.000000961. The predicted molar refractivity (Wildman–Crippen MR) is 130 cm³/mol. The molecule has 2 aromatic rings. The van der Waals surface area contributed by atoms with Gasteiger partial charge in [-0.1, -0.05) is 12.1 Å². The summed E-state index contributed by atoms with van der Waals surface area (Å²) in [7, 11) is -4.06. The van der Waals surface area contributed by atoms with Gasteiger partial charge in [0.25, 0.3) is 15.9 Å². The van der Waals surface area contributed by atoms with Gasteiger partial charge in [-0.3, -0.25) is 19.1 Å². The second-order valence-corrected chi connectivity index (χ2v) is 9.02. The third-order valence-corrected chi connectivity index (χ3v) is 5.15. The molecule has 0 atom stereocenters. The van der Waals surface area contributed by atoms with Crippen molar-refractivity contribution in [3.8, 4) is 5.75 Å². The average molecular weight is 531 g/mol. The van der Waals surface area contributed by atoms with Gasteiger partial charge in [-0.15, -0.1) is 0 Å². The fourth-order valence-electron chi connectivity index (χ4n) is 2.17. The zero-order valence-electron chi connectivity index (χ0n) is 18.6. The van der Waals surface area contributed by atoms with E-state index in [1.807, 2.05) is 0 Å². The summed E-state index contributed by atoms with van der Waals surface area (Å²) in [5, 5.41) is 10.9. The number of amides is 1. The fourth-order valence-corrected chi connectivity index (χ4v) is 3.25. The van der Waals surface area contributed by atoms with Gasteiger partial charge in [0.1, 0.15) is 12.3 Å². The van der Waals surface area contributed by atoms with E-state index in [-0.39, 0.29) is 73.4 Å². The number of sulfonamides is 1. The molecule has 35 heavy (non-hydrogen) atoms. The maximum atomic E-state index is 12.7. The van der Waals surface area contributed by atoms with E-state index in [4.69, 9.17) is 9.84 Å². The molecule has 15 heteroatoms. The Morgan fingerprint density at radius 1 is 0.914 bits per heavy atom. The van der Waals surface area contributed by atoms with Crippen molar-refractivity contribution in [2.45, 2.75) is 25.7 Å². The van der Waals surface area contributed by atoms with Crippen LogP contribution in [0.2, 0.25) is 0 Å². The van der Waals surface area contributed by atoms with Crippen molar-refractivity contribution in [3.63, 3.8) is 0 Å². The molecule has 11 N–H and O–H groups in total. The first-order valence-corrected chi connectivity index (χ1v) is 10.3. The number of carbonyl (C=O) groups is 3. The summed E-state index contributed by atoms with van der Waals surface area (Å²) in [6, 6.07) is 11.0. The zero-order chi connectivity index (χ0) is 22.5. The molecule has 0 unspecified atom stereocenters. The van der Waals surface area contributed by atoms with Gasteiger partial charge in [0.05, 0.1) is 21.6 Å². The molecule has 2 rings (SSSR count). The van der Waals surface area contributed by atoms with E-state index in [1.165, 1.54) is 48.5 Å². The van der Waals surface area contributed by atoms with Crippen molar-refractivity contribution >= 4 is 63.1 Å². The summed E-state index contributed by atoms with van der Waals surface area (Å²) in [5.74, 6) is -2.23. The summed E-state index contributed by atoms with van der Waals surface area (Å²) in [6.45, 7) is 4.49. The summed E-state index contributed by atoms with van der Waals surface area (Å²) >= 11 is 0. The number of ether oxygens (including phenoxy) is 1. The van der Waals surface area contributed by atoms with E-state index < -0.39 is 39.8 Å². The van der Waals surface area contributed by atoms with Crippen LogP contribution in [0, 0.1) is 5.41 Å². The number of anilines is 1. The SMILES string of the molecule is CC(C)(C)C(=O)Oc1ccc(S(=O)(=O)Nc2ccccc2C(=O)NCC(=O)O)cc1.O.O.O.O.[NaH]. The van der Waals surface area contributed by atoms with Crippen molar-refractivity contribution in [2.24, 2.45) is 5.41 Å². The Hall–Kier alpha value is -2.56. The molecule has 0 spiro atoms. The molecular weight excluding hydrogens is 499 g/mol. The van der Waals surface area contributed by atoms with E-state index in [2.05, 4.69) is 10.0 Å². The molecule has 0 aliphatic carbocycles. The van der Waals surface area contributed by atoms with E-state index in [1.54, 1.807) is 20.8 Å². The topological polar surface area (TPSA) is 265 Å². The predicted octanol–water partition coefficient (Wildman–Crippen LogP) is -1.69. The number of aliphatic carboxylic acids is 1. The number of hydrogen-bond acceptors (Lipinski definition) is 6. The Bertz CT molecular complexity index is 1070. The molecule has 0 aromatic heterocycles. The van der Waals surface area contributed by atoms with Crippen LogP contribution in [0.1, 0.15) is 31.1 Å². The number of para-hydroxylation sites is 1. The molecule has 0 fully saturated rings. The van der Waals surface area contributed by atoms with Gasteiger partial charge in [0, 0.05) is 0 Å². The van der Waals surface area contributed by atoms with Crippen molar-refractivity contribution in [1.29, 1.82) is 0 Å². The average Bonchev–Trinajstić information content (AvgIpc) is 2.66. The van der Waals surface area contributed by atoms with Crippen LogP contribution in [0.3, 0.4) is 0 Å². The van der Waals surface area contributed by atoms with Gasteiger partial charge < -0.3 is 37.1 Å². The van der Waals surface area contributed by atoms with Crippen LogP contribution in [0.15, 0.2) is 53.4 Å². The van der Waals surface area contributed by atoms with Crippen LogP contribution >= 0.6 is 0 Å². The van der Waals surface area contributed by atoms with Crippen molar-refractivity contribution in [2.75, 3.05) is 11.3 Å². The second kappa shape index (κ2) is 16.2. The zero-order valence-corrected chi connectivity index (χ0v) is 19.4. The standard InChI is InChI=1S/C20H22N2O7S.Na.4H2O.H/c1-20(2,3)19(26)29-13-8-10-14(11-9-13)30(27,28)22-16-7-5-4-6-15(16)18(25)21-12-17(23)24;;;;;;/h4-11,22H,12H2,1-3H3,(H,21,25)(H,23,24);;4*1H2;. The summed E-state index contributed by atoms with van der Waals surface area (Å²) < 4.78 is 32.9. The Labute approximate surface area is 224 Å². The molecule has 1 amide bonds.